The van der Waals surface area contributed by atoms with Gasteiger partial charge in [-0.15, -0.1) is 0 Å². The summed E-state index contributed by atoms with van der Waals surface area (Å²) in [6, 6.07) is 15.2. The SMILES string of the molecule is COc1cccc2c1c1ccccc1n2C(C)C. The maximum Gasteiger partial charge on any atom is 0.128 e. The van der Waals surface area contributed by atoms with Crippen LogP contribution in [0.15, 0.2) is 42.5 Å². The van der Waals surface area contributed by atoms with Crippen molar-refractivity contribution in [3.8, 4) is 5.75 Å². The van der Waals surface area contributed by atoms with Crippen LogP contribution in [0.1, 0.15) is 19.9 Å². The summed E-state index contributed by atoms with van der Waals surface area (Å²) >= 11 is 0. The maximum absolute atomic E-state index is 5.52. The van der Waals surface area contributed by atoms with Crippen molar-refractivity contribution >= 4 is 21.8 Å². The van der Waals surface area contributed by atoms with Gasteiger partial charge in [-0.2, -0.15) is 0 Å². The van der Waals surface area contributed by atoms with Gasteiger partial charge in [-0.05, 0) is 32.0 Å². The van der Waals surface area contributed by atoms with Crippen molar-refractivity contribution in [2.24, 2.45) is 0 Å². The Labute approximate surface area is 107 Å². The number of para-hydroxylation sites is 1. The van der Waals surface area contributed by atoms with Gasteiger partial charge < -0.3 is 9.30 Å². The molecule has 2 aromatic carbocycles. The van der Waals surface area contributed by atoms with E-state index in [0.717, 1.165) is 5.75 Å². The van der Waals surface area contributed by atoms with Crippen LogP contribution in [-0.2, 0) is 0 Å². The Kier molecular flexibility index (Phi) is 2.51. The monoisotopic (exact) mass is 239 g/mol. The van der Waals surface area contributed by atoms with E-state index in [1.54, 1.807) is 7.11 Å². The molecule has 0 unspecified atom stereocenters. The molecule has 18 heavy (non-hydrogen) atoms. The first-order chi connectivity index (χ1) is 8.74. The van der Waals surface area contributed by atoms with Crippen molar-refractivity contribution in [3.63, 3.8) is 0 Å². The van der Waals surface area contributed by atoms with Gasteiger partial charge in [0.25, 0.3) is 0 Å². The van der Waals surface area contributed by atoms with Gasteiger partial charge in [-0.1, -0.05) is 24.3 Å². The molecule has 0 radical (unpaired) electrons. The summed E-state index contributed by atoms with van der Waals surface area (Å²) in [5.74, 6) is 0.947. The Hall–Kier alpha value is -1.96. The molecule has 0 aliphatic carbocycles. The molecule has 3 aromatic rings. The molecule has 0 aliphatic rings. The van der Waals surface area contributed by atoms with Gasteiger partial charge in [0.05, 0.1) is 12.6 Å². The fraction of sp³-hybridized carbons (Fsp3) is 0.250. The summed E-state index contributed by atoms with van der Waals surface area (Å²) in [5, 5.41) is 2.47. The Morgan fingerprint density at radius 1 is 0.944 bits per heavy atom. The smallest absolute Gasteiger partial charge is 0.128 e. The van der Waals surface area contributed by atoms with Crippen molar-refractivity contribution in [1.82, 2.24) is 4.57 Å². The van der Waals surface area contributed by atoms with Crippen LogP contribution in [0, 0.1) is 0 Å². The molecule has 0 amide bonds. The zero-order valence-electron chi connectivity index (χ0n) is 11.0. The third-order valence-corrected chi connectivity index (χ3v) is 3.43. The average Bonchev–Trinajstić information content (AvgIpc) is 2.73. The van der Waals surface area contributed by atoms with Gasteiger partial charge in [-0.3, -0.25) is 0 Å². The van der Waals surface area contributed by atoms with E-state index in [4.69, 9.17) is 4.74 Å². The molecule has 2 nitrogen and oxygen atoms in total. The Morgan fingerprint density at radius 2 is 1.67 bits per heavy atom. The number of fused-ring (bicyclic) bond motifs is 3. The van der Waals surface area contributed by atoms with Crippen LogP contribution in [0.5, 0.6) is 5.75 Å². The molecule has 0 bridgehead atoms. The Morgan fingerprint density at radius 3 is 2.39 bits per heavy atom. The molecule has 2 heteroatoms. The van der Waals surface area contributed by atoms with E-state index in [1.165, 1.54) is 21.8 Å². The summed E-state index contributed by atoms with van der Waals surface area (Å²) in [6.07, 6.45) is 0. The fourth-order valence-corrected chi connectivity index (χ4v) is 2.74. The minimum Gasteiger partial charge on any atom is -0.496 e. The molecule has 1 heterocycles. The molecule has 1 aromatic heterocycles. The second kappa shape index (κ2) is 4.05. The highest BCUT2D eigenvalue weighted by molar-refractivity contribution is 6.11. The quantitative estimate of drug-likeness (QED) is 0.647. The van der Waals surface area contributed by atoms with Gasteiger partial charge in [0.15, 0.2) is 0 Å². The summed E-state index contributed by atoms with van der Waals surface area (Å²) in [5.41, 5.74) is 2.51. The minimum absolute atomic E-state index is 0.430. The molecule has 0 N–H and O–H groups in total. The Bertz CT molecular complexity index is 710. The molecular formula is C16H17NO. The molecule has 3 rings (SSSR count). The molecule has 0 spiro atoms. The highest BCUT2D eigenvalue weighted by atomic mass is 16.5. The normalized spacial score (nSPS) is 11.6. The second-order valence-electron chi connectivity index (χ2n) is 4.84. The maximum atomic E-state index is 5.52. The van der Waals surface area contributed by atoms with Gasteiger partial charge >= 0.3 is 0 Å². The van der Waals surface area contributed by atoms with Crippen molar-refractivity contribution in [2.45, 2.75) is 19.9 Å². The topological polar surface area (TPSA) is 14.2 Å². The minimum atomic E-state index is 0.430. The zero-order chi connectivity index (χ0) is 12.7. The van der Waals surface area contributed by atoms with Crippen LogP contribution in [0.25, 0.3) is 21.8 Å². The van der Waals surface area contributed by atoms with Gasteiger partial charge in [0.2, 0.25) is 0 Å². The summed E-state index contributed by atoms with van der Waals surface area (Å²) < 4.78 is 7.88. The van der Waals surface area contributed by atoms with E-state index >= 15 is 0 Å². The zero-order valence-corrected chi connectivity index (χ0v) is 11.0. The Balaban J connectivity index is 2.58. The first-order valence-electron chi connectivity index (χ1n) is 6.29. The number of rotatable bonds is 2. The van der Waals surface area contributed by atoms with Crippen molar-refractivity contribution in [1.29, 1.82) is 0 Å². The number of aromatic nitrogens is 1. The molecule has 0 saturated carbocycles. The van der Waals surface area contributed by atoms with E-state index in [0.29, 0.717) is 6.04 Å². The highest BCUT2D eigenvalue weighted by Crippen LogP contribution is 2.37. The molecule has 0 saturated heterocycles. The van der Waals surface area contributed by atoms with Crippen molar-refractivity contribution in [2.75, 3.05) is 7.11 Å². The standard InChI is InChI=1S/C16H17NO/c1-11(2)17-13-8-5-4-7-12(13)16-14(17)9-6-10-15(16)18-3/h4-11H,1-3H3. The first-order valence-corrected chi connectivity index (χ1v) is 6.29. The predicted octanol–water partition coefficient (Wildman–Crippen LogP) is 4.38. The van der Waals surface area contributed by atoms with Crippen LogP contribution in [0.4, 0.5) is 0 Å². The number of nitrogens with zero attached hydrogens (tertiary/aromatic N) is 1. The van der Waals surface area contributed by atoms with Crippen LogP contribution < -0.4 is 4.74 Å². The van der Waals surface area contributed by atoms with Crippen LogP contribution in [-0.4, -0.2) is 11.7 Å². The third kappa shape index (κ3) is 1.42. The van der Waals surface area contributed by atoms with E-state index in [2.05, 4.69) is 54.8 Å². The number of hydrogen-bond donors (Lipinski definition) is 0. The molecule has 0 atom stereocenters. The number of ether oxygens (including phenoxy) is 1. The average molecular weight is 239 g/mol. The predicted molar refractivity (Wildman–Crippen MR) is 76.4 cm³/mol. The lowest BCUT2D eigenvalue weighted by Gasteiger charge is -2.11. The lowest BCUT2D eigenvalue weighted by Crippen LogP contribution is -1.99. The van der Waals surface area contributed by atoms with Crippen LogP contribution >= 0.6 is 0 Å². The number of methoxy groups -OCH3 is 1. The largest absolute Gasteiger partial charge is 0.496 e. The fourth-order valence-electron chi connectivity index (χ4n) is 2.74. The van der Waals surface area contributed by atoms with Crippen LogP contribution in [0.3, 0.4) is 0 Å². The van der Waals surface area contributed by atoms with E-state index in [-0.39, 0.29) is 0 Å². The summed E-state index contributed by atoms with van der Waals surface area (Å²) in [7, 11) is 1.73. The van der Waals surface area contributed by atoms with Gasteiger partial charge in [0, 0.05) is 22.3 Å². The van der Waals surface area contributed by atoms with Gasteiger partial charge in [0.1, 0.15) is 5.75 Å². The third-order valence-electron chi connectivity index (χ3n) is 3.43. The van der Waals surface area contributed by atoms with E-state index < -0.39 is 0 Å². The van der Waals surface area contributed by atoms with Crippen molar-refractivity contribution in [3.05, 3.63) is 42.5 Å². The van der Waals surface area contributed by atoms with Crippen LogP contribution in [0.2, 0.25) is 0 Å². The molecule has 0 aliphatic heterocycles. The first kappa shape index (κ1) is 11.1. The van der Waals surface area contributed by atoms with Gasteiger partial charge in [-0.25, -0.2) is 0 Å². The number of benzene rings is 2. The lowest BCUT2D eigenvalue weighted by atomic mass is 10.1. The highest BCUT2D eigenvalue weighted by Gasteiger charge is 2.14. The molecule has 0 fully saturated rings. The molecule has 92 valence electrons. The van der Waals surface area contributed by atoms with Crippen molar-refractivity contribution < 1.29 is 4.74 Å². The lowest BCUT2D eigenvalue weighted by molar-refractivity contribution is 0.420. The second-order valence-corrected chi connectivity index (χ2v) is 4.84. The van der Waals surface area contributed by atoms with E-state index in [1.807, 2.05) is 6.07 Å². The number of hydrogen-bond acceptors (Lipinski definition) is 1. The molecular weight excluding hydrogens is 222 g/mol. The summed E-state index contributed by atoms with van der Waals surface area (Å²) in [6.45, 7) is 4.43. The van der Waals surface area contributed by atoms with E-state index in [9.17, 15) is 0 Å². The summed E-state index contributed by atoms with van der Waals surface area (Å²) in [4.78, 5) is 0.